The monoisotopic (exact) mass is 462 g/mol. The first-order chi connectivity index (χ1) is 17.7. The number of pyridine rings is 2. The van der Waals surface area contributed by atoms with E-state index >= 15 is 0 Å². The average Bonchev–Trinajstić information content (AvgIpc) is 3.31. The molecule has 6 heteroatoms. The van der Waals surface area contributed by atoms with Crippen molar-refractivity contribution in [3.63, 3.8) is 0 Å². The van der Waals surface area contributed by atoms with Crippen LogP contribution in [0.4, 0.5) is 0 Å². The molecule has 6 nitrogen and oxygen atoms in total. The maximum Gasteiger partial charge on any atom is 0.264 e. The number of nitrogens with zero attached hydrogens (tertiary/aromatic N) is 4. The molecule has 0 radical (unpaired) electrons. The summed E-state index contributed by atoms with van der Waals surface area (Å²) in [5, 5.41) is 6.38. The Kier molecular flexibility index (Phi) is 3.01. The Balaban J connectivity index is 1.62. The molecule has 0 aliphatic rings. The standard InChI is InChI=1S/C30H14N4O2/c35-29-18-13-14-19-26-17(12-11-16(25(18)26)27-31-20-7-1-2-9-22(20)33(27)29)28-32-21-8-3-5-15-6-4-10-23(24(15)21)34(28)30(19)36/h1-14H. The molecule has 0 amide bonds. The van der Waals surface area contributed by atoms with E-state index in [1.807, 2.05) is 72.8 Å². The van der Waals surface area contributed by atoms with Crippen LogP contribution in [0.1, 0.15) is 0 Å². The molecule has 166 valence electrons. The van der Waals surface area contributed by atoms with E-state index in [2.05, 4.69) is 0 Å². The van der Waals surface area contributed by atoms with Gasteiger partial charge in [0.25, 0.3) is 11.1 Å². The third kappa shape index (κ3) is 1.93. The maximum atomic E-state index is 14.0. The van der Waals surface area contributed by atoms with Gasteiger partial charge in [-0.05, 0) is 53.9 Å². The molecular weight excluding hydrogens is 448 g/mol. The fraction of sp³-hybridized carbons (Fsp3) is 0. The molecule has 0 saturated heterocycles. The van der Waals surface area contributed by atoms with E-state index in [9.17, 15) is 9.59 Å². The van der Waals surface area contributed by atoms with E-state index in [0.29, 0.717) is 22.1 Å². The SMILES string of the molecule is O=c1c2ccc3c(=O)n4c5cccc6cccc(nc4c4ccc(c2c34)c2nc3ccccc3n12)c65. The van der Waals surface area contributed by atoms with Crippen molar-refractivity contribution in [3.8, 4) is 0 Å². The second kappa shape index (κ2) is 5.93. The zero-order valence-corrected chi connectivity index (χ0v) is 18.7. The maximum absolute atomic E-state index is 14.0. The van der Waals surface area contributed by atoms with Crippen LogP contribution in [0, 0.1) is 0 Å². The van der Waals surface area contributed by atoms with Gasteiger partial charge < -0.3 is 0 Å². The molecule has 0 N–H and O–H groups in total. The highest BCUT2D eigenvalue weighted by atomic mass is 16.1. The van der Waals surface area contributed by atoms with Crippen molar-refractivity contribution in [2.24, 2.45) is 0 Å². The molecule has 0 bridgehead atoms. The lowest BCUT2D eigenvalue weighted by Gasteiger charge is -2.15. The van der Waals surface area contributed by atoms with Crippen molar-refractivity contribution < 1.29 is 0 Å². The quantitative estimate of drug-likeness (QED) is 0.221. The van der Waals surface area contributed by atoms with Gasteiger partial charge in [0.1, 0.15) is 11.3 Å². The Hall–Kier alpha value is -5.10. The number of fused-ring (bicyclic) bond motifs is 7. The minimum atomic E-state index is -0.140. The van der Waals surface area contributed by atoms with Crippen molar-refractivity contribution in [3.05, 3.63) is 106 Å². The lowest BCUT2D eigenvalue weighted by molar-refractivity contribution is 1.15. The van der Waals surface area contributed by atoms with Gasteiger partial charge in [-0.3, -0.25) is 18.4 Å². The minimum Gasteiger partial charge on any atom is -0.268 e. The van der Waals surface area contributed by atoms with Crippen molar-refractivity contribution in [2.45, 2.75) is 0 Å². The van der Waals surface area contributed by atoms with E-state index in [1.165, 1.54) is 0 Å². The molecule has 0 fully saturated rings. The van der Waals surface area contributed by atoms with E-state index in [0.717, 1.165) is 54.4 Å². The predicted octanol–water partition coefficient (Wildman–Crippen LogP) is 5.50. The highest BCUT2D eigenvalue weighted by Gasteiger charge is 2.22. The third-order valence-corrected chi connectivity index (χ3v) is 7.61. The zero-order valence-electron chi connectivity index (χ0n) is 18.7. The van der Waals surface area contributed by atoms with Crippen LogP contribution in [-0.2, 0) is 0 Å². The Morgan fingerprint density at radius 3 is 1.72 bits per heavy atom. The Bertz CT molecular complexity index is 2520. The first kappa shape index (κ1) is 18.3. The number of para-hydroxylation sites is 2. The largest absolute Gasteiger partial charge is 0.268 e. The second-order valence-electron chi connectivity index (χ2n) is 9.36. The van der Waals surface area contributed by atoms with E-state index in [-0.39, 0.29) is 11.1 Å². The van der Waals surface area contributed by atoms with Crippen molar-refractivity contribution >= 4 is 76.5 Å². The van der Waals surface area contributed by atoms with Crippen LogP contribution < -0.4 is 11.1 Å². The van der Waals surface area contributed by atoms with Crippen LogP contribution in [0.3, 0.4) is 0 Å². The van der Waals surface area contributed by atoms with Gasteiger partial charge in [0, 0.05) is 37.7 Å². The molecule has 4 aromatic heterocycles. The number of aromatic nitrogens is 4. The lowest BCUT2D eigenvalue weighted by atomic mass is 9.96. The van der Waals surface area contributed by atoms with Crippen molar-refractivity contribution in [1.82, 2.24) is 18.8 Å². The Morgan fingerprint density at radius 1 is 0.472 bits per heavy atom. The van der Waals surface area contributed by atoms with Crippen LogP contribution in [0.2, 0.25) is 0 Å². The van der Waals surface area contributed by atoms with Crippen LogP contribution in [-0.4, -0.2) is 18.8 Å². The second-order valence-corrected chi connectivity index (χ2v) is 9.36. The highest BCUT2D eigenvalue weighted by molar-refractivity contribution is 6.28. The summed E-state index contributed by atoms with van der Waals surface area (Å²) in [5.41, 5.74) is 4.13. The number of rotatable bonds is 0. The zero-order chi connectivity index (χ0) is 23.7. The van der Waals surface area contributed by atoms with Gasteiger partial charge >= 0.3 is 0 Å². The molecule has 36 heavy (non-hydrogen) atoms. The van der Waals surface area contributed by atoms with Crippen LogP contribution in [0.5, 0.6) is 0 Å². The molecule has 0 aliphatic heterocycles. The van der Waals surface area contributed by atoms with Gasteiger partial charge in [0.2, 0.25) is 0 Å². The summed E-state index contributed by atoms with van der Waals surface area (Å²) < 4.78 is 3.40. The van der Waals surface area contributed by atoms with E-state index < -0.39 is 0 Å². The molecule has 0 spiro atoms. The first-order valence-electron chi connectivity index (χ1n) is 11.8. The molecule has 0 unspecified atom stereocenters. The predicted molar refractivity (Wildman–Crippen MR) is 144 cm³/mol. The minimum absolute atomic E-state index is 0.134. The van der Waals surface area contributed by atoms with Crippen LogP contribution in [0.15, 0.2) is 94.5 Å². The number of imidazole rings is 1. The molecule has 0 aliphatic carbocycles. The van der Waals surface area contributed by atoms with Crippen molar-refractivity contribution in [2.75, 3.05) is 0 Å². The number of hydrogen-bond acceptors (Lipinski definition) is 4. The van der Waals surface area contributed by atoms with Gasteiger partial charge in [-0.2, -0.15) is 0 Å². The topological polar surface area (TPSA) is 68.7 Å². The van der Waals surface area contributed by atoms with Gasteiger partial charge in [-0.25, -0.2) is 9.97 Å². The number of benzene rings is 5. The fourth-order valence-electron chi connectivity index (χ4n) is 6.12. The molecule has 9 rings (SSSR count). The summed E-state index contributed by atoms with van der Waals surface area (Å²) in [4.78, 5) is 37.6. The molecule has 0 atom stereocenters. The average molecular weight is 462 g/mol. The first-order valence-corrected chi connectivity index (χ1v) is 11.8. The van der Waals surface area contributed by atoms with Gasteiger partial charge in [0.15, 0.2) is 0 Å². The summed E-state index contributed by atoms with van der Waals surface area (Å²) >= 11 is 0. The summed E-state index contributed by atoms with van der Waals surface area (Å²) in [6.45, 7) is 0. The normalized spacial score (nSPS) is 12.7. The van der Waals surface area contributed by atoms with E-state index in [4.69, 9.17) is 9.97 Å². The molecule has 0 saturated carbocycles. The van der Waals surface area contributed by atoms with Crippen LogP contribution in [0.25, 0.3) is 76.5 Å². The van der Waals surface area contributed by atoms with Gasteiger partial charge in [-0.1, -0.05) is 36.4 Å². The fourth-order valence-corrected chi connectivity index (χ4v) is 6.12. The third-order valence-electron chi connectivity index (χ3n) is 7.61. The summed E-state index contributed by atoms with van der Waals surface area (Å²) in [6.07, 6.45) is 0. The molecule has 5 aromatic carbocycles. The van der Waals surface area contributed by atoms with Gasteiger partial charge in [-0.15, -0.1) is 0 Å². The molecule has 9 aromatic rings. The summed E-state index contributed by atoms with van der Waals surface area (Å²) in [5.74, 6) is 0. The summed E-state index contributed by atoms with van der Waals surface area (Å²) in [6, 6.07) is 27.2. The molecule has 4 heterocycles. The lowest BCUT2D eigenvalue weighted by Crippen LogP contribution is -2.18. The Morgan fingerprint density at radius 2 is 1.00 bits per heavy atom. The smallest absolute Gasteiger partial charge is 0.264 e. The van der Waals surface area contributed by atoms with Crippen LogP contribution >= 0.6 is 0 Å². The molecular formula is C30H14N4O2. The Labute approximate surface area is 200 Å². The van der Waals surface area contributed by atoms with E-state index in [1.54, 1.807) is 20.9 Å². The van der Waals surface area contributed by atoms with Crippen molar-refractivity contribution in [1.29, 1.82) is 0 Å². The summed E-state index contributed by atoms with van der Waals surface area (Å²) in [7, 11) is 0. The number of hydrogen-bond donors (Lipinski definition) is 0. The van der Waals surface area contributed by atoms with Gasteiger partial charge in [0.05, 0.1) is 22.1 Å². The highest BCUT2D eigenvalue weighted by Crippen LogP contribution is 2.37.